The first-order valence-electron chi connectivity index (χ1n) is 4.48. The van der Waals surface area contributed by atoms with Crippen LogP contribution < -0.4 is 11.3 Å². The highest BCUT2D eigenvalue weighted by molar-refractivity contribution is 5.92. The third kappa shape index (κ3) is 3.20. The molecule has 0 atom stereocenters. The Morgan fingerprint density at radius 3 is 2.53 bits per heavy atom. The fourth-order valence-corrected chi connectivity index (χ4v) is 1.26. The van der Waals surface area contributed by atoms with Crippen molar-refractivity contribution >= 4 is 12.0 Å². The van der Waals surface area contributed by atoms with Gasteiger partial charge in [0.25, 0.3) is 11.5 Å². The van der Waals surface area contributed by atoms with Crippen molar-refractivity contribution in [2.45, 2.75) is 12.7 Å². The lowest BCUT2D eigenvalue weighted by Gasteiger charge is -2.11. The molecule has 0 saturated carbocycles. The van der Waals surface area contributed by atoms with E-state index in [1.54, 1.807) is 0 Å². The first-order chi connectivity index (χ1) is 7.74. The summed E-state index contributed by atoms with van der Waals surface area (Å²) in [6, 6.07) is 1.10. The number of aromatic nitrogens is 1. The highest BCUT2D eigenvalue weighted by atomic mass is 19.4. The minimum Gasteiger partial charge on any atom is -0.365 e. The molecule has 17 heavy (non-hydrogen) atoms. The van der Waals surface area contributed by atoms with Crippen molar-refractivity contribution in [1.29, 1.82) is 0 Å². The first-order valence-corrected chi connectivity index (χ1v) is 4.48. The Morgan fingerprint density at radius 1 is 1.53 bits per heavy atom. The van der Waals surface area contributed by atoms with E-state index < -0.39 is 29.8 Å². The lowest BCUT2D eigenvalue weighted by molar-refractivity contribution is -0.141. The topological polar surface area (TPSA) is 65.1 Å². The summed E-state index contributed by atoms with van der Waals surface area (Å²) in [5.74, 6) is -1.07. The Labute approximate surface area is 94.2 Å². The van der Waals surface area contributed by atoms with Gasteiger partial charge < -0.3 is 10.3 Å². The van der Waals surface area contributed by atoms with E-state index >= 15 is 0 Å². The van der Waals surface area contributed by atoms with Gasteiger partial charge in [-0.05, 0) is 11.6 Å². The summed E-state index contributed by atoms with van der Waals surface area (Å²) in [5.41, 5.74) is 3.55. The largest absolute Gasteiger partial charge is 0.406 e. The van der Waals surface area contributed by atoms with Gasteiger partial charge in [-0.2, -0.15) is 13.2 Å². The van der Waals surface area contributed by atoms with E-state index in [1.807, 2.05) is 0 Å². The number of primary amides is 1. The molecular formula is C10H9F3N2O2. The van der Waals surface area contributed by atoms with E-state index in [0.29, 0.717) is 4.57 Å². The zero-order chi connectivity index (χ0) is 13.2. The quantitative estimate of drug-likeness (QED) is 0.869. The molecule has 0 bridgehead atoms. The number of nitrogens with zero attached hydrogens (tertiary/aromatic N) is 1. The molecule has 0 aliphatic carbocycles. The van der Waals surface area contributed by atoms with Crippen LogP contribution in [0.25, 0.3) is 6.08 Å². The summed E-state index contributed by atoms with van der Waals surface area (Å²) in [6.45, 7) is 1.87. The van der Waals surface area contributed by atoms with Crippen LogP contribution in [0.2, 0.25) is 0 Å². The van der Waals surface area contributed by atoms with E-state index in [-0.39, 0.29) is 5.56 Å². The van der Waals surface area contributed by atoms with E-state index in [4.69, 9.17) is 5.73 Å². The van der Waals surface area contributed by atoms with Crippen LogP contribution in [0, 0.1) is 0 Å². The van der Waals surface area contributed by atoms with Gasteiger partial charge in [0.05, 0.1) is 0 Å². The van der Waals surface area contributed by atoms with Crippen LogP contribution in [0.1, 0.15) is 15.9 Å². The normalized spacial score (nSPS) is 11.2. The molecule has 0 spiro atoms. The molecule has 1 rings (SSSR count). The van der Waals surface area contributed by atoms with Gasteiger partial charge in [-0.25, -0.2) is 0 Å². The molecule has 0 aromatic carbocycles. The van der Waals surface area contributed by atoms with Crippen molar-refractivity contribution in [2.75, 3.05) is 0 Å². The Bertz CT molecular complexity index is 517. The number of amides is 1. The maximum absolute atomic E-state index is 12.2. The summed E-state index contributed by atoms with van der Waals surface area (Å²) in [4.78, 5) is 22.4. The van der Waals surface area contributed by atoms with Crippen LogP contribution in [0.4, 0.5) is 13.2 Å². The number of hydrogen-bond donors (Lipinski definition) is 1. The minimum atomic E-state index is -4.56. The molecule has 1 amide bonds. The second kappa shape index (κ2) is 4.44. The molecule has 0 saturated heterocycles. The third-order valence-corrected chi connectivity index (χ3v) is 1.96. The predicted molar refractivity (Wildman–Crippen MR) is 55.4 cm³/mol. The molecule has 0 radical (unpaired) electrons. The van der Waals surface area contributed by atoms with Gasteiger partial charge in [0.1, 0.15) is 12.1 Å². The number of carbonyl (C=O) groups excluding carboxylic acids is 1. The Hall–Kier alpha value is -2.05. The van der Waals surface area contributed by atoms with Gasteiger partial charge in [-0.1, -0.05) is 12.7 Å². The molecule has 0 aliphatic rings. The lowest BCUT2D eigenvalue weighted by Crippen LogP contribution is -2.33. The van der Waals surface area contributed by atoms with Crippen LogP contribution >= 0.6 is 0 Å². The Kier molecular flexibility index (Phi) is 3.40. The highest BCUT2D eigenvalue weighted by Gasteiger charge is 2.29. The molecule has 0 unspecified atom stereocenters. The predicted octanol–water partition coefficient (Wildman–Crippen LogP) is 1.15. The van der Waals surface area contributed by atoms with Gasteiger partial charge in [0.2, 0.25) is 0 Å². The zero-order valence-corrected chi connectivity index (χ0v) is 8.62. The number of pyridine rings is 1. The summed E-state index contributed by atoms with van der Waals surface area (Å²) < 4.78 is 37.0. The van der Waals surface area contributed by atoms with Crippen LogP contribution in [-0.4, -0.2) is 16.7 Å². The van der Waals surface area contributed by atoms with E-state index in [9.17, 15) is 22.8 Å². The number of rotatable bonds is 3. The van der Waals surface area contributed by atoms with E-state index in [0.717, 1.165) is 12.3 Å². The molecule has 1 heterocycles. The minimum absolute atomic E-state index is 0.211. The molecule has 2 N–H and O–H groups in total. The molecule has 7 heteroatoms. The lowest BCUT2D eigenvalue weighted by atomic mass is 10.2. The molecule has 0 aliphatic heterocycles. The van der Waals surface area contributed by atoms with Crippen molar-refractivity contribution in [3.8, 4) is 0 Å². The SMILES string of the molecule is C=Cc1cc(C(N)=O)c(=O)n(CC(F)(F)F)c1. The van der Waals surface area contributed by atoms with Gasteiger partial charge in [0, 0.05) is 6.20 Å². The van der Waals surface area contributed by atoms with Crippen molar-refractivity contribution in [2.24, 2.45) is 5.73 Å². The molecular weight excluding hydrogens is 237 g/mol. The summed E-state index contributed by atoms with van der Waals surface area (Å²) in [5, 5.41) is 0. The smallest absolute Gasteiger partial charge is 0.365 e. The average molecular weight is 246 g/mol. The average Bonchev–Trinajstić information content (AvgIpc) is 2.18. The maximum atomic E-state index is 12.2. The van der Waals surface area contributed by atoms with Crippen LogP contribution in [0.15, 0.2) is 23.6 Å². The molecule has 1 aromatic heterocycles. The number of hydrogen-bond acceptors (Lipinski definition) is 2. The monoisotopic (exact) mass is 246 g/mol. The summed E-state index contributed by atoms with van der Waals surface area (Å²) in [6.07, 6.45) is -2.37. The van der Waals surface area contributed by atoms with Crippen LogP contribution in [0.3, 0.4) is 0 Å². The number of halogens is 3. The van der Waals surface area contributed by atoms with Crippen LogP contribution in [-0.2, 0) is 6.54 Å². The van der Waals surface area contributed by atoms with Gasteiger partial charge in [-0.3, -0.25) is 9.59 Å². The summed E-state index contributed by atoms with van der Waals surface area (Å²) in [7, 11) is 0. The highest BCUT2D eigenvalue weighted by Crippen LogP contribution is 2.17. The molecule has 0 fully saturated rings. The fourth-order valence-electron chi connectivity index (χ4n) is 1.26. The standard InChI is InChI=1S/C10H9F3N2O2/c1-2-6-3-7(8(14)16)9(17)15(4-6)5-10(11,12)13/h2-4H,1,5H2,(H2,14,16). The number of carbonyl (C=O) groups is 1. The third-order valence-electron chi connectivity index (χ3n) is 1.96. The maximum Gasteiger partial charge on any atom is 0.406 e. The molecule has 4 nitrogen and oxygen atoms in total. The van der Waals surface area contributed by atoms with Gasteiger partial charge >= 0.3 is 6.18 Å². The van der Waals surface area contributed by atoms with Gasteiger partial charge in [-0.15, -0.1) is 0 Å². The number of alkyl halides is 3. The van der Waals surface area contributed by atoms with E-state index in [1.165, 1.54) is 6.08 Å². The van der Waals surface area contributed by atoms with Crippen molar-refractivity contribution in [3.63, 3.8) is 0 Å². The Balaban J connectivity index is 3.39. The second-order valence-electron chi connectivity index (χ2n) is 3.30. The van der Waals surface area contributed by atoms with Crippen molar-refractivity contribution < 1.29 is 18.0 Å². The number of nitrogens with two attached hydrogens (primary N) is 1. The van der Waals surface area contributed by atoms with Crippen molar-refractivity contribution in [3.05, 3.63) is 40.3 Å². The summed E-state index contributed by atoms with van der Waals surface area (Å²) >= 11 is 0. The Morgan fingerprint density at radius 2 is 2.12 bits per heavy atom. The van der Waals surface area contributed by atoms with Crippen molar-refractivity contribution in [1.82, 2.24) is 4.57 Å². The van der Waals surface area contributed by atoms with E-state index in [2.05, 4.69) is 6.58 Å². The molecule has 1 aromatic rings. The fraction of sp³-hybridized carbons (Fsp3) is 0.200. The first kappa shape index (κ1) is 13.0. The van der Waals surface area contributed by atoms with Crippen LogP contribution in [0.5, 0.6) is 0 Å². The second-order valence-corrected chi connectivity index (χ2v) is 3.30. The molecule has 92 valence electrons. The van der Waals surface area contributed by atoms with Gasteiger partial charge in [0.15, 0.2) is 0 Å². The zero-order valence-electron chi connectivity index (χ0n) is 8.62.